The summed E-state index contributed by atoms with van der Waals surface area (Å²) >= 11 is 0. The molecule has 0 radical (unpaired) electrons. The Labute approximate surface area is 200 Å². The van der Waals surface area contributed by atoms with Crippen LogP contribution in [-0.4, -0.2) is 47.1 Å². The predicted molar refractivity (Wildman–Crippen MR) is 136 cm³/mol. The summed E-state index contributed by atoms with van der Waals surface area (Å²) in [5, 5.41) is 7.79. The van der Waals surface area contributed by atoms with Gasteiger partial charge in [0.2, 0.25) is 0 Å². The van der Waals surface area contributed by atoms with E-state index in [2.05, 4.69) is 39.7 Å². The van der Waals surface area contributed by atoms with Gasteiger partial charge in [0.05, 0.1) is 43.3 Å². The topological polar surface area (TPSA) is 74.1 Å². The van der Waals surface area contributed by atoms with E-state index in [-0.39, 0.29) is 7.43 Å². The lowest BCUT2D eigenvalue weighted by molar-refractivity contribution is 0.394. The van der Waals surface area contributed by atoms with Gasteiger partial charge in [0, 0.05) is 31.4 Å². The third-order valence-electron chi connectivity index (χ3n) is 6.00. The number of nitrogens with zero attached hydrogens (tertiary/aromatic N) is 4. The molecule has 7 nitrogen and oxygen atoms in total. The van der Waals surface area contributed by atoms with Gasteiger partial charge in [0.15, 0.2) is 0 Å². The van der Waals surface area contributed by atoms with Crippen LogP contribution in [0.4, 0.5) is 0 Å². The van der Waals surface area contributed by atoms with E-state index in [1.807, 2.05) is 31.6 Å². The van der Waals surface area contributed by atoms with Gasteiger partial charge in [-0.15, -0.1) is 0 Å². The maximum atomic E-state index is 5.56. The van der Waals surface area contributed by atoms with E-state index in [0.717, 1.165) is 70.8 Å². The van der Waals surface area contributed by atoms with E-state index < -0.39 is 0 Å². The quantitative estimate of drug-likeness (QED) is 0.461. The number of hydrogen-bond acceptors (Lipinski definition) is 6. The fourth-order valence-electron chi connectivity index (χ4n) is 4.35. The largest absolute Gasteiger partial charge is 0.497 e. The third kappa shape index (κ3) is 4.65. The van der Waals surface area contributed by atoms with Crippen molar-refractivity contribution in [3.63, 3.8) is 0 Å². The molecule has 3 heterocycles. The first-order valence-electron chi connectivity index (χ1n) is 11.1. The average molecular weight is 458 g/mol. The smallest absolute Gasteiger partial charge is 0.123 e. The Hall–Kier alpha value is -3.71. The molecule has 1 N–H and O–H groups in total. The summed E-state index contributed by atoms with van der Waals surface area (Å²) in [6.45, 7) is 1.89. The molecular weight excluding hydrogens is 426 g/mol. The molecule has 0 amide bonds. The summed E-state index contributed by atoms with van der Waals surface area (Å²) in [7, 11) is 5.26. The number of benzene rings is 2. The lowest BCUT2D eigenvalue weighted by Gasteiger charge is -2.22. The molecule has 4 aromatic rings. The highest BCUT2D eigenvalue weighted by atomic mass is 16.5. The van der Waals surface area contributed by atoms with Gasteiger partial charge in [-0.3, -0.25) is 9.67 Å². The normalized spacial score (nSPS) is 15.0. The minimum Gasteiger partial charge on any atom is -0.497 e. The van der Waals surface area contributed by atoms with Crippen molar-refractivity contribution in [3.8, 4) is 22.8 Å². The summed E-state index contributed by atoms with van der Waals surface area (Å²) in [6, 6.07) is 12.3. The lowest BCUT2D eigenvalue weighted by atomic mass is 9.89. The van der Waals surface area contributed by atoms with Crippen molar-refractivity contribution in [2.24, 2.45) is 7.05 Å². The second kappa shape index (κ2) is 10.1. The average Bonchev–Trinajstić information content (AvgIpc) is 3.30. The first-order valence-corrected chi connectivity index (χ1v) is 11.1. The molecule has 34 heavy (non-hydrogen) atoms. The van der Waals surface area contributed by atoms with Crippen molar-refractivity contribution in [1.29, 1.82) is 0 Å². The number of fused-ring (bicyclic) bond motifs is 1. The summed E-state index contributed by atoms with van der Waals surface area (Å²) in [4.78, 5) is 9.54. The van der Waals surface area contributed by atoms with Crippen LogP contribution in [0.25, 0.3) is 27.9 Å². The van der Waals surface area contributed by atoms with Crippen molar-refractivity contribution in [2.45, 2.75) is 20.3 Å². The molecule has 1 fully saturated rings. The summed E-state index contributed by atoms with van der Waals surface area (Å²) in [6.07, 6.45) is 7.71. The molecule has 0 atom stereocenters. The number of nitrogens with one attached hydrogen (secondary N) is 1. The van der Waals surface area contributed by atoms with Crippen molar-refractivity contribution in [2.75, 3.05) is 27.3 Å². The van der Waals surface area contributed by atoms with Crippen molar-refractivity contribution >= 4 is 16.6 Å². The molecule has 5 rings (SSSR count). The number of rotatable bonds is 5. The van der Waals surface area contributed by atoms with Crippen LogP contribution in [0.15, 0.2) is 60.6 Å². The zero-order chi connectivity index (χ0) is 22.8. The number of aryl methyl sites for hydroxylation is 1. The lowest BCUT2D eigenvalue weighted by Crippen LogP contribution is -2.24. The highest BCUT2D eigenvalue weighted by Crippen LogP contribution is 2.35. The van der Waals surface area contributed by atoms with Crippen LogP contribution >= 0.6 is 0 Å². The first kappa shape index (κ1) is 23.4. The number of methoxy groups -OCH3 is 2. The molecule has 1 aliphatic heterocycles. The maximum Gasteiger partial charge on any atom is 0.123 e. The van der Waals surface area contributed by atoms with E-state index in [1.165, 1.54) is 11.1 Å². The molecule has 176 valence electrons. The number of piperidine rings is 1. The molecule has 0 bridgehead atoms. The molecule has 1 aliphatic rings. The fourth-order valence-corrected chi connectivity index (χ4v) is 4.35. The van der Waals surface area contributed by atoms with E-state index in [0.29, 0.717) is 0 Å². The van der Waals surface area contributed by atoms with Gasteiger partial charge < -0.3 is 14.8 Å². The zero-order valence-corrected chi connectivity index (χ0v) is 19.1. The Balaban J connectivity index is 0.00000274. The van der Waals surface area contributed by atoms with E-state index in [9.17, 15) is 0 Å². The minimum atomic E-state index is 0. The van der Waals surface area contributed by atoms with Gasteiger partial charge in [-0.1, -0.05) is 13.5 Å². The number of aromatic nitrogens is 4. The first-order chi connectivity index (χ1) is 16.1. The molecule has 0 spiro atoms. The van der Waals surface area contributed by atoms with Crippen LogP contribution in [0.3, 0.4) is 0 Å². The standard InChI is InChI=1S/C26H27N5O2.CH4/c1-31-16-20(14-29-31)25-15-28-23-7-6-17(11-24(23)30-25)26(18-5-4-8-27-13-18)19-9-21(32-2)12-22(10-19)33-3;/h6-7,9-12,14-16,27H,4-5,8,13H2,1-3H3;1H4/b26-18-;. The molecule has 0 unspecified atom stereocenters. The van der Waals surface area contributed by atoms with Crippen LogP contribution in [0.5, 0.6) is 11.5 Å². The maximum absolute atomic E-state index is 5.56. The predicted octanol–water partition coefficient (Wildman–Crippen LogP) is 4.87. The van der Waals surface area contributed by atoms with Crippen LogP contribution in [0.2, 0.25) is 0 Å². The fraction of sp³-hybridized carbons (Fsp3) is 0.296. The number of ether oxygens (including phenoxy) is 2. The molecule has 2 aromatic heterocycles. The molecule has 2 aromatic carbocycles. The van der Waals surface area contributed by atoms with Gasteiger partial charge in [-0.2, -0.15) is 5.10 Å². The van der Waals surface area contributed by atoms with E-state index >= 15 is 0 Å². The molecule has 1 saturated heterocycles. The highest BCUT2D eigenvalue weighted by Gasteiger charge is 2.17. The Morgan fingerprint density at radius 3 is 2.41 bits per heavy atom. The Morgan fingerprint density at radius 1 is 0.971 bits per heavy atom. The van der Waals surface area contributed by atoms with Crippen molar-refractivity contribution < 1.29 is 9.47 Å². The molecule has 0 aliphatic carbocycles. The summed E-state index contributed by atoms with van der Waals surface area (Å²) in [5.74, 6) is 1.54. The minimum absolute atomic E-state index is 0. The summed E-state index contributed by atoms with van der Waals surface area (Å²) in [5.41, 5.74) is 8.21. The molecule has 0 saturated carbocycles. The van der Waals surface area contributed by atoms with E-state index in [4.69, 9.17) is 14.5 Å². The Morgan fingerprint density at radius 2 is 1.76 bits per heavy atom. The van der Waals surface area contributed by atoms with Crippen LogP contribution in [-0.2, 0) is 7.05 Å². The van der Waals surface area contributed by atoms with Crippen molar-refractivity contribution in [1.82, 2.24) is 25.1 Å². The third-order valence-corrected chi connectivity index (χ3v) is 6.00. The molecule has 7 heteroatoms. The highest BCUT2D eigenvalue weighted by molar-refractivity contribution is 5.88. The van der Waals surface area contributed by atoms with Crippen LogP contribution in [0.1, 0.15) is 31.4 Å². The second-order valence-electron chi connectivity index (χ2n) is 8.22. The van der Waals surface area contributed by atoms with Gasteiger partial charge in [-0.05, 0) is 65.9 Å². The van der Waals surface area contributed by atoms with Gasteiger partial charge in [-0.25, -0.2) is 4.98 Å². The van der Waals surface area contributed by atoms with Crippen molar-refractivity contribution in [3.05, 3.63) is 71.7 Å². The molecular formula is C27H31N5O2. The summed E-state index contributed by atoms with van der Waals surface area (Å²) < 4.78 is 12.9. The SMILES string of the molecule is C.COc1cc(OC)cc(/C(=C2/CCCNC2)c2ccc3ncc(-c4cnn(C)c4)nc3c2)c1. The zero-order valence-electron chi connectivity index (χ0n) is 19.1. The Kier molecular flexibility index (Phi) is 6.93. The number of hydrogen-bond donors (Lipinski definition) is 1. The second-order valence-corrected chi connectivity index (χ2v) is 8.22. The van der Waals surface area contributed by atoms with Crippen LogP contribution in [0, 0.1) is 0 Å². The van der Waals surface area contributed by atoms with E-state index in [1.54, 1.807) is 25.1 Å². The van der Waals surface area contributed by atoms with Gasteiger partial charge in [0.1, 0.15) is 11.5 Å². The van der Waals surface area contributed by atoms with Gasteiger partial charge in [0.25, 0.3) is 0 Å². The Bertz CT molecular complexity index is 1310. The monoisotopic (exact) mass is 457 g/mol. The van der Waals surface area contributed by atoms with Crippen LogP contribution < -0.4 is 14.8 Å². The van der Waals surface area contributed by atoms with Gasteiger partial charge >= 0.3 is 0 Å².